The van der Waals surface area contributed by atoms with Crippen LogP contribution in [0, 0.1) is 12.8 Å². The molecule has 3 heteroatoms. The van der Waals surface area contributed by atoms with E-state index < -0.39 is 0 Å². The summed E-state index contributed by atoms with van der Waals surface area (Å²) in [6.07, 6.45) is 4.01. The summed E-state index contributed by atoms with van der Waals surface area (Å²) in [6, 6.07) is 7.49. The van der Waals surface area contributed by atoms with Gasteiger partial charge in [-0.05, 0) is 57.2 Å². The van der Waals surface area contributed by atoms with Gasteiger partial charge in [0.25, 0.3) is 5.91 Å². The molecule has 0 aliphatic heterocycles. The maximum Gasteiger partial charge on any atom is 0.271 e. The van der Waals surface area contributed by atoms with E-state index in [-0.39, 0.29) is 5.91 Å². The van der Waals surface area contributed by atoms with E-state index in [1.54, 1.807) is 6.07 Å². The summed E-state index contributed by atoms with van der Waals surface area (Å²) in [5.41, 5.74) is 7.60. The fourth-order valence-corrected chi connectivity index (χ4v) is 2.39. The molecule has 0 saturated heterocycles. The van der Waals surface area contributed by atoms with Crippen molar-refractivity contribution < 1.29 is 4.79 Å². The summed E-state index contributed by atoms with van der Waals surface area (Å²) in [7, 11) is 0. The van der Waals surface area contributed by atoms with Crippen LogP contribution in [0.5, 0.6) is 0 Å². The molecule has 0 saturated carbocycles. The van der Waals surface area contributed by atoms with Gasteiger partial charge in [0.2, 0.25) is 0 Å². The molecule has 110 valence electrons. The Morgan fingerprint density at radius 3 is 2.81 bits per heavy atom. The van der Waals surface area contributed by atoms with Gasteiger partial charge in [0.1, 0.15) is 0 Å². The van der Waals surface area contributed by atoms with E-state index in [2.05, 4.69) is 23.2 Å². The minimum atomic E-state index is -0.170. The Bertz CT molecular complexity index is 626. The molecular weight excluding hydrogens is 260 g/mol. The van der Waals surface area contributed by atoms with Gasteiger partial charge in [-0.15, -0.1) is 0 Å². The number of carbonyl (C=O) groups is 1. The first kappa shape index (κ1) is 15.2. The smallest absolute Gasteiger partial charge is 0.267 e. The lowest BCUT2D eigenvalue weighted by atomic mass is 9.85. The van der Waals surface area contributed by atoms with Crippen LogP contribution in [0.25, 0.3) is 0 Å². The van der Waals surface area contributed by atoms with Gasteiger partial charge in [-0.3, -0.25) is 4.79 Å². The summed E-state index contributed by atoms with van der Waals surface area (Å²) in [4.78, 5) is 12.1. The zero-order chi connectivity index (χ0) is 15.4. The highest BCUT2D eigenvalue weighted by Gasteiger charge is 2.18. The monoisotopic (exact) mass is 282 g/mol. The maximum absolute atomic E-state index is 12.1. The molecule has 0 bridgehead atoms. The molecule has 1 atom stereocenters. The van der Waals surface area contributed by atoms with Crippen LogP contribution >= 0.6 is 0 Å². The second-order valence-corrected chi connectivity index (χ2v) is 5.74. The van der Waals surface area contributed by atoms with Crippen LogP contribution in [-0.4, -0.2) is 11.6 Å². The van der Waals surface area contributed by atoms with Crippen molar-refractivity contribution in [2.24, 2.45) is 11.0 Å². The molecule has 1 aliphatic rings. The van der Waals surface area contributed by atoms with E-state index in [9.17, 15) is 4.79 Å². The number of hydrogen-bond acceptors (Lipinski definition) is 2. The second kappa shape index (κ2) is 6.53. The number of hydrazone groups is 1. The van der Waals surface area contributed by atoms with Gasteiger partial charge in [0.05, 0.1) is 5.71 Å². The SMILES string of the molecule is C=C(C)C1CC=C(C)/C(=N\NC(=O)c2cccc(C)c2)C1. The van der Waals surface area contributed by atoms with Crippen molar-refractivity contribution in [2.75, 3.05) is 0 Å². The molecule has 1 aliphatic carbocycles. The van der Waals surface area contributed by atoms with E-state index in [4.69, 9.17) is 0 Å². The highest BCUT2D eigenvalue weighted by atomic mass is 16.2. The average molecular weight is 282 g/mol. The van der Waals surface area contributed by atoms with Crippen molar-refractivity contribution in [3.05, 3.63) is 59.2 Å². The van der Waals surface area contributed by atoms with Gasteiger partial charge in [0, 0.05) is 5.56 Å². The van der Waals surface area contributed by atoms with Crippen molar-refractivity contribution in [3.63, 3.8) is 0 Å². The molecule has 0 spiro atoms. The summed E-state index contributed by atoms with van der Waals surface area (Å²) in [5.74, 6) is 0.250. The number of benzene rings is 1. The third-order valence-corrected chi connectivity index (χ3v) is 3.87. The lowest BCUT2D eigenvalue weighted by Gasteiger charge is -2.22. The number of aryl methyl sites for hydroxylation is 1. The van der Waals surface area contributed by atoms with Crippen LogP contribution in [0.3, 0.4) is 0 Å². The van der Waals surface area contributed by atoms with E-state index >= 15 is 0 Å². The first-order valence-corrected chi connectivity index (χ1v) is 7.23. The number of nitrogens with zero attached hydrogens (tertiary/aromatic N) is 1. The highest BCUT2D eigenvalue weighted by Crippen LogP contribution is 2.26. The summed E-state index contributed by atoms with van der Waals surface area (Å²) < 4.78 is 0. The molecule has 0 radical (unpaired) electrons. The highest BCUT2D eigenvalue weighted by molar-refractivity contribution is 6.02. The Morgan fingerprint density at radius 1 is 1.38 bits per heavy atom. The van der Waals surface area contributed by atoms with Crippen LogP contribution in [0.4, 0.5) is 0 Å². The lowest BCUT2D eigenvalue weighted by molar-refractivity contribution is 0.0954. The molecule has 1 unspecified atom stereocenters. The van der Waals surface area contributed by atoms with Gasteiger partial charge in [0.15, 0.2) is 0 Å². The normalized spacial score (nSPS) is 20.0. The van der Waals surface area contributed by atoms with Crippen molar-refractivity contribution in [1.82, 2.24) is 5.43 Å². The zero-order valence-electron chi connectivity index (χ0n) is 12.9. The Labute approximate surface area is 126 Å². The second-order valence-electron chi connectivity index (χ2n) is 5.74. The number of carbonyl (C=O) groups excluding carboxylic acids is 1. The first-order chi connectivity index (χ1) is 9.97. The molecule has 2 rings (SSSR count). The van der Waals surface area contributed by atoms with Gasteiger partial charge in [-0.1, -0.05) is 35.9 Å². The molecular formula is C18H22N2O. The standard InChI is InChI=1S/C18H22N2O/c1-12(2)15-9-8-14(4)17(11-15)19-20-18(21)16-7-5-6-13(3)10-16/h5-8,10,15H,1,9,11H2,2-4H3,(H,20,21)/b19-17-. The molecule has 0 fully saturated rings. The maximum atomic E-state index is 12.1. The van der Waals surface area contributed by atoms with E-state index in [0.29, 0.717) is 11.5 Å². The van der Waals surface area contributed by atoms with Crippen LogP contribution in [0.1, 0.15) is 42.6 Å². The van der Waals surface area contributed by atoms with Crippen LogP contribution in [-0.2, 0) is 0 Å². The Morgan fingerprint density at radius 2 is 2.14 bits per heavy atom. The Balaban J connectivity index is 2.09. The zero-order valence-corrected chi connectivity index (χ0v) is 12.9. The van der Waals surface area contributed by atoms with Crippen molar-refractivity contribution >= 4 is 11.6 Å². The van der Waals surface area contributed by atoms with Gasteiger partial charge >= 0.3 is 0 Å². The minimum absolute atomic E-state index is 0.170. The van der Waals surface area contributed by atoms with Gasteiger partial charge < -0.3 is 0 Å². The lowest BCUT2D eigenvalue weighted by Crippen LogP contribution is -2.23. The fraction of sp³-hybridized carbons (Fsp3) is 0.333. The van der Waals surface area contributed by atoms with E-state index in [1.807, 2.05) is 39.0 Å². The topological polar surface area (TPSA) is 41.5 Å². The van der Waals surface area contributed by atoms with E-state index in [0.717, 1.165) is 35.3 Å². The summed E-state index contributed by atoms with van der Waals surface area (Å²) >= 11 is 0. The number of hydrogen-bond donors (Lipinski definition) is 1. The van der Waals surface area contributed by atoms with Gasteiger partial charge in [-0.2, -0.15) is 5.10 Å². The quantitative estimate of drug-likeness (QED) is 0.660. The number of nitrogens with one attached hydrogen (secondary N) is 1. The Kier molecular flexibility index (Phi) is 4.73. The molecule has 1 amide bonds. The Hall–Kier alpha value is -2.16. The number of amides is 1. The molecule has 1 aromatic carbocycles. The molecule has 1 aromatic rings. The third-order valence-electron chi connectivity index (χ3n) is 3.87. The number of rotatable bonds is 3. The third kappa shape index (κ3) is 3.91. The van der Waals surface area contributed by atoms with Crippen molar-refractivity contribution in [3.8, 4) is 0 Å². The molecule has 0 aromatic heterocycles. The minimum Gasteiger partial charge on any atom is -0.267 e. The van der Waals surface area contributed by atoms with Gasteiger partial charge in [-0.25, -0.2) is 5.43 Å². The summed E-state index contributed by atoms with van der Waals surface area (Å²) in [6.45, 7) is 10.1. The van der Waals surface area contributed by atoms with Crippen LogP contribution in [0.2, 0.25) is 0 Å². The van der Waals surface area contributed by atoms with Crippen molar-refractivity contribution in [2.45, 2.75) is 33.6 Å². The average Bonchev–Trinajstić information content (AvgIpc) is 2.45. The molecule has 0 heterocycles. The predicted octanol–water partition coefficient (Wildman–Crippen LogP) is 4.01. The number of allylic oxidation sites excluding steroid dienone is 3. The molecule has 1 N–H and O–H groups in total. The molecule has 3 nitrogen and oxygen atoms in total. The fourth-order valence-electron chi connectivity index (χ4n) is 2.39. The molecule has 21 heavy (non-hydrogen) atoms. The van der Waals surface area contributed by atoms with Crippen LogP contribution < -0.4 is 5.43 Å². The largest absolute Gasteiger partial charge is 0.271 e. The first-order valence-electron chi connectivity index (χ1n) is 7.23. The van der Waals surface area contributed by atoms with Crippen LogP contribution in [0.15, 0.2) is 53.2 Å². The van der Waals surface area contributed by atoms with E-state index in [1.165, 1.54) is 0 Å². The summed E-state index contributed by atoms with van der Waals surface area (Å²) in [5, 5.41) is 4.31. The van der Waals surface area contributed by atoms with Crippen molar-refractivity contribution in [1.29, 1.82) is 0 Å². The predicted molar refractivity (Wildman–Crippen MR) is 87.4 cm³/mol.